The van der Waals surface area contributed by atoms with Gasteiger partial charge in [-0.25, -0.2) is 0 Å². The first-order valence-electron chi connectivity index (χ1n) is 6.03. The SMILES string of the molecule is CC1(CNC(=O)c2cc(-c3ccco3)on2)COC1. The van der Waals surface area contributed by atoms with E-state index in [-0.39, 0.29) is 17.0 Å². The molecule has 0 aliphatic carbocycles. The molecule has 100 valence electrons. The molecule has 0 bridgehead atoms. The van der Waals surface area contributed by atoms with Gasteiger partial charge in [0.2, 0.25) is 5.76 Å². The molecule has 0 atom stereocenters. The van der Waals surface area contributed by atoms with E-state index < -0.39 is 0 Å². The first-order chi connectivity index (χ1) is 9.16. The van der Waals surface area contributed by atoms with Crippen molar-refractivity contribution in [1.82, 2.24) is 10.5 Å². The number of nitrogens with zero attached hydrogens (tertiary/aromatic N) is 1. The second-order valence-corrected chi connectivity index (χ2v) is 5.04. The van der Waals surface area contributed by atoms with E-state index in [0.29, 0.717) is 31.3 Å². The maximum Gasteiger partial charge on any atom is 0.273 e. The predicted octanol–water partition coefficient (Wildman–Crippen LogP) is 1.70. The van der Waals surface area contributed by atoms with Crippen molar-refractivity contribution in [3.8, 4) is 11.5 Å². The molecular weight excluding hydrogens is 248 g/mol. The zero-order chi connectivity index (χ0) is 13.3. The second-order valence-electron chi connectivity index (χ2n) is 5.04. The Bertz CT molecular complexity index is 569. The summed E-state index contributed by atoms with van der Waals surface area (Å²) in [7, 11) is 0. The third-order valence-electron chi connectivity index (χ3n) is 3.08. The van der Waals surface area contributed by atoms with Crippen LogP contribution in [0.2, 0.25) is 0 Å². The highest BCUT2D eigenvalue weighted by atomic mass is 16.5. The van der Waals surface area contributed by atoms with E-state index in [1.165, 1.54) is 6.26 Å². The Balaban J connectivity index is 1.64. The van der Waals surface area contributed by atoms with Crippen molar-refractivity contribution in [3.05, 3.63) is 30.2 Å². The zero-order valence-electron chi connectivity index (χ0n) is 10.5. The van der Waals surface area contributed by atoms with Crippen LogP contribution in [0.1, 0.15) is 17.4 Å². The average Bonchev–Trinajstić information content (AvgIpc) is 3.02. The van der Waals surface area contributed by atoms with Gasteiger partial charge in [-0.15, -0.1) is 0 Å². The van der Waals surface area contributed by atoms with Crippen LogP contribution >= 0.6 is 0 Å². The minimum atomic E-state index is -0.255. The summed E-state index contributed by atoms with van der Waals surface area (Å²) in [5, 5.41) is 6.57. The molecule has 0 saturated carbocycles. The van der Waals surface area contributed by atoms with E-state index >= 15 is 0 Å². The first kappa shape index (κ1) is 12.0. The van der Waals surface area contributed by atoms with Crippen LogP contribution in [-0.4, -0.2) is 30.8 Å². The van der Waals surface area contributed by atoms with Gasteiger partial charge >= 0.3 is 0 Å². The summed E-state index contributed by atoms with van der Waals surface area (Å²) < 4.78 is 15.4. The van der Waals surface area contributed by atoms with Crippen molar-refractivity contribution < 1.29 is 18.5 Å². The number of carbonyl (C=O) groups excluding carboxylic acids is 1. The lowest BCUT2D eigenvalue weighted by molar-refractivity contribution is -0.0978. The first-order valence-corrected chi connectivity index (χ1v) is 6.03. The molecule has 3 heterocycles. The van der Waals surface area contributed by atoms with Crippen molar-refractivity contribution in [3.63, 3.8) is 0 Å². The minimum absolute atomic E-state index is 0.0310. The van der Waals surface area contributed by atoms with Crippen LogP contribution < -0.4 is 5.32 Å². The molecule has 1 amide bonds. The van der Waals surface area contributed by atoms with Crippen molar-refractivity contribution in [2.24, 2.45) is 5.41 Å². The molecule has 19 heavy (non-hydrogen) atoms. The van der Waals surface area contributed by atoms with Crippen LogP contribution in [0.3, 0.4) is 0 Å². The molecule has 0 unspecified atom stereocenters. The molecule has 1 saturated heterocycles. The van der Waals surface area contributed by atoms with E-state index in [1.54, 1.807) is 18.2 Å². The fourth-order valence-corrected chi connectivity index (χ4v) is 1.85. The summed E-state index contributed by atoms with van der Waals surface area (Å²) in [6.45, 7) is 3.97. The molecule has 0 radical (unpaired) electrons. The molecule has 1 aliphatic heterocycles. The second kappa shape index (κ2) is 4.55. The normalized spacial score (nSPS) is 16.9. The number of carbonyl (C=O) groups is 1. The fourth-order valence-electron chi connectivity index (χ4n) is 1.85. The topological polar surface area (TPSA) is 77.5 Å². The van der Waals surface area contributed by atoms with E-state index in [0.717, 1.165) is 0 Å². The highest BCUT2D eigenvalue weighted by Gasteiger charge is 2.33. The molecule has 1 aliphatic rings. The Morgan fingerprint density at radius 2 is 2.32 bits per heavy atom. The van der Waals surface area contributed by atoms with Gasteiger partial charge in [0.05, 0.1) is 19.5 Å². The lowest BCUT2D eigenvalue weighted by atomic mass is 9.89. The average molecular weight is 262 g/mol. The Morgan fingerprint density at radius 3 is 2.95 bits per heavy atom. The molecule has 1 N–H and O–H groups in total. The Hall–Kier alpha value is -2.08. The van der Waals surface area contributed by atoms with Crippen LogP contribution in [0.4, 0.5) is 0 Å². The van der Waals surface area contributed by atoms with E-state index in [9.17, 15) is 4.79 Å². The Labute approximate surface area is 109 Å². The molecule has 2 aromatic heterocycles. The quantitative estimate of drug-likeness (QED) is 0.907. The Kier molecular flexibility index (Phi) is 2.87. The number of ether oxygens (including phenoxy) is 1. The number of hydrogen-bond donors (Lipinski definition) is 1. The van der Waals surface area contributed by atoms with Gasteiger partial charge in [0.25, 0.3) is 5.91 Å². The van der Waals surface area contributed by atoms with Crippen LogP contribution in [0.15, 0.2) is 33.4 Å². The standard InChI is InChI=1S/C13H14N2O4/c1-13(7-17-8-13)6-14-12(16)9-5-11(19-15-9)10-3-2-4-18-10/h2-5H,6-8H2,1H3,(H,14,16). The maximum absolute atomic E-state index is 11.9. The molecule has 6 nitrogen and oxygen atoms in total. The molecule has 2 aromatic rings. The summed E-state index contributed by atoms with van der Waals surface area (Å²) in [6, 6.07) is 5.05. The number of rotatable bonds is 4. The molecule has 0 aromatic carbocycles. The van der Waals surface area contributed by atoms with Gasteiger partial charge in [0, 0.05) is 18.0 Å². The number of nitrogens with one attached hydrogen (secondary N) is 1. The van der Waals surface area contributed by atoms with Gasteiger partial charge in [0.1, 0.15) is 0 Å². The van der Waals surface area contributed by atoms with Gasteiger partial charge < -0.3 is 19.0 Å². The molecule has 3 rings (SSSR count). The number of amides is 1. The lowest BCUT2D eigenvalue weighted by Crippen LogP contribution is -2.48. The molecule has 1 fully saturated rings. The maximum atomic E-state index is 11.9. The summed E-state index contributed by atoms with van der Waals surface area (Å²) in [5.74, 6) is 0.730. The summed E-state index contributed by atoms with van der Waals surface area (Å²) in [5.41, 5.74) is 0.277. The molecule has 0 spiro atoms. The van der Waals surface area contributed by atoms with E-state index in [2.05, 4.69) is 17.4 Å². The largest absolute Gasteiger partial charge is 0.461 e. The lowest BCUT2D eigenvalue weighted by Gasteiger charge is -2.37. The summed E-state index contributed by atoms with van der Waals surface area (Å²) >= 11 is 0. The smallest absolute Gasteiger partial charge is 0.273 e. The fraction of sp³-hybridized carbons (Fsp3) is 0.385. The third-order valence-corrected chi connectivity index (χ3v) is 3.08. The number of aromatic nitrogens is 1. The van der Waals surface area contributed by atoms with Gasteiger partial charge in [-0.2, -0.15) is 0 Å². The predicted molar refractivity (Wildman–Crippen MR) is 65.5 cm³/mol. The van der Waals surface area contributed by atoms with Crippen molar-refractivity contribution in [2.75, 3.05) is 19.8 Å². The van der Waals surface area contributed by atoms with Gasteiger partial charge in [-0.05, 0) is 12.1 Å². The van der Waals surface area contributed by atoms with Crippen LogP contribution in [0, 0.1) is 5.41 Å². The van der Waals surface area contributed by atoms with E-state index in [1.807, 2.05) is 0 Å². The number of furan rings is 1. The summed E-state index contributed by atoms with van der Waals surface area (Å²) in [6.07, 6.45) is 1.54. The highest BCUT2D eigenvalue weighted by molar-refractivity contribution is 5.92. The monoisotopic (exact) mass is 262 g/mol. The van der Waals surface area contributed by atoms with Crippen LogP contribution in [-0.2, 0) is 4.74 Å². The third kappa shape index (κ3) is 2.39. The van der Waals surface area contributed by atoms with Gasteiger partial charge in [-0.1, -0.05) is 12.1 Å². The summed E-state index contributed by atoms with van der Waals surface area (Å²) in [4.78, 5) is 11.9. The van der Waals surface area contributed by atoms with Crippen LogP contribution in [0.25, 0.3) is 11.5 Å². The minimum Gasteiger partial charge on any atom is -0.461 e. The number of hydrogen-bond acceptors (Lipinski definition) is 5. The zero-order valence-corrected chi connectivity index (χ0v) is 10.5. The molecule has 6 heteroatoms. The van der Waals surface area contributed by atoms with Crippen molar-refractivity contribution >= 4 is 5.91 Å². The van der Waals surface area contributed by atoms with E-state index in [4.69, 9.17) is 13.7 Å². The van der Waals surface area contributed by atoms with Crippen LogP contribution in [0.5, 0.6) is 0 Å². The van der Waals surface area contributed by atoms with Crippen molar-refractivity contribution in [1.29, 1.82) is 0 Å². The van der Waals surface area contributed by atoms with Gasteiger partial charge in [-0.3, -0.25) is 4.79 Å². The highest BCUT2D eigenvalue weighted by Crippen LogP contribution is 2.25. The Morgan fingerprint density at radius 1 is 1.47 bits per heavy atom. The van der Waals surface area contributed by atoms with Gasteiger partial charge in [0.15, 0.2) is 11.5 Å². The molecular formula is C13H14N2O4. The van der Waals surface area contributed by atoms with Crippen molar-refractivity contribution in [2.45, 2.75) is 6.92 Å².